The molecule has 6 heteroatoms. The van der Waals surface area contributed by atoms with Crippen LogP contribution in [0.2, 0.25) is 0 Å². The van der Waals surface area contributed by atoms with Gasteiger partial charge < -0.3 is 20.5 Å². The molecule has 0 aliphatic heterocycles. The van der Waals surface area contributed by atoms with Crippen molar-refractivity contribution in [2.75, 3.05) is 20.3 Å². The zero-order chi connectivity index (χ0) is 17.8. The van der Waals surface area contributed by atoms with Gasteiger partial charge in [0.05, 0.1) is 19.6 Å². The zero-order valence-electron chi connectivity index (χ0n) is 15.7. The smallest absolute Gasteiger partial charge is 0.224 e. The third-order valence-electron chi connectivity index (χ3n) is 5.75. The van der Waals surface area contributed by atoms with Gasteiger partial charge in [0.1, 0.15) is 0 Å². The first-order valence-corrected chi connectivity index (χ1v) is 9.47. The Morgan fingerprint density at radius 3 is 2.69 bits per heavy atom. The number of carbonyl (C=O) groups is 1. The van der Waals surface area contributed by atoms with Crippen molar-refractivity contribution < 1.29 is 14.3 Å². The van der Waals surface area contributed by atoms with Crippen LogP contribution in [0.4, 0.5) is 0 Å². The van der Waals surface area contributed by atoms with Gasteiger partial charge in [0, 0.05) is 12.6 Å². The number of fused-ring (bicyclic) bond motifs is 2. The number of rotatable bonds is 8. The fourth-order valence-electron chi connectivity index (χ4n) is 4.49. The topological polar surface area (TPSA) is 73.6 Å². The Morgan fingerprint density at radius 2 is 2.04 bits per heavy atom. The number of nitrogens with one attached hydrogen (secondary N) is 1. The molecule has 0 aromatic heterocycles. The van der Waals surface area contributed by atoms with Crippen LogP contribution in [0, 0.1) is 17.8 Å². The van der Waals surface area contributed by atoms with Crippen LogP contribution in [0.25, 0.3) is 0 Å². The normalized spacial score (nSPS) is 26.3. The van der Waals surface area contributed by atoms with E-state index in [0.717, 1.165) is 30.8 Å². The number of hydrogen-bond donors (Lipinski definition) is 2. The summed E-state index contributed by atoms with van der Waals surface area (Å²) < 4.78 is 10.9. The van der Waals surface area contributed by atoms with E-state index in [4.69, 9.17) is 15.2 Å². The third kappa shape index (κ3) is 4.44. The molecule has 1 aromatic carbocycles. The molecule has 1 aromatic rings. The molecule has 0 radical (unpaired) electrons. The summed E-state index contributed by atoms with van der Waals surface area (Å²) in [6.45, 7) is 3.26. The minimum absolute atomic E-state index is 0. The van der Waals surface area contributed by atoms with E-state index in [1.807, 2.05) is 19.1 Å². The highest BCUT2D eigenvalue weighted by Crippen LogP contribution is 2.47. The monoisotopic (exact) mass is 382 g/mol. The molecule has 2 aliphatic carbocycles. The fourth-order valence-corrected chi connectivity index (χ4v) is 4.49. The van der Waals surface area contributed by atoms with Crippen molar-refractivity contribution in [1.82, 2.24) is 5.32 Å². The number of nitrogens with two attached hydrogens (primary N) is 1. The number of aryl methyl sites for hydroxylation is 1. The lowest BCUT2D eigenvalue weighted by Gasteiger charge is -2.27. The van der Waals surface area contributed by atoms with Gasteiger partial charge in [-0.15, -0.1) is 12.4 Å². The number of amides is 1. The summed E-state index contributed by atoms with van der Waals surface area (Å²) in [5.74, 6) is 2.80. The number of carbonyl (C=O) groups excluding carboxylic acids is 1. The molecule has 2 bridgehead atoms. The van der Waals surface area contributed by atoms with Crippen LogP contribution in [0.15, 0.2) is 18.2 Å². The van der Waals surface area contributed by atoms with Gasteiger partial charge in [0.15, 0.2) is 11.5 Å². The Balaban J connectivity index is 0.00000243. The largest absolute Gasteiger partial charge is 0.493 e. The second-order valence-corrected chi connectivity index (χ2v) is 7.25. The molecule has 3 N–H and O–H groups in total. The van der Waals surface area contributed by atoms with Crippen molar-refractivity contribution in [3.63, 3.8) is 0 Å². The molecule has 3 rings (SSSR count). The van der Waals surface area contributed by atoms with Gasteiger partial charge in [0.2, 0.25) is 5.91 Å². The quantitative estimate of drug-likeness (QED) is 0.678. The van der Waals surface area contributed by atoms with E-state index in [1.165, 1.54) is 18.4 Å². The Labute approximate surface area is 162 Å². The maximum Gasteiger partial charge on any atom is 0.224 e. The molecular weight excluding hydrogens is 352 g/mol. The Morgan fingerprint density at radius 1 is 1.27 bits per heavy atom. The summed E-state index contributed by atoms with van der Waals surface area (Å²) in [6, 6.07) is 6.08. The fraction of sp³-hybridized carbons (Fsp3) is 0.650. The summed E-state index contributed by atoms with van der Waals surface area (Å²) >= 11 is 0. The van der Waals surface area contributed by atoms with Crippen LogP contribution < -0.4 is 20.5 Å². The van der Waals surface area contributed by atoms with Crippen molar-refractivity contribution >= 4 is 18.3 Å². The van der Waals surface area contributed by atoms with Crippen LogP contribution in [0.5, 0.6) is 11.5 Å². The molecule has 5 nitrogen and oxygen atoms in total. The molecule has 0 saturated heterocycles. The molecule has 1 amide bonds. The molecule has 2 fully saturated rings. The lowest BCUT2D eigenvalue weighted by Crippen LogP contribution is -2.45. The molecule has 0 heterocycles. The van der Waals surface area contributed by atoms with E-state index in [-0.39, 0.29) is 30.3 Å². The average molecular weight is 383 g/mol. The maximum absolute atomic E-state index is 12.5. The highest BCUT2D eigenvalue weighted by molar-refractivity contribution is 5.85. The van der Waals surface area contributed by atoms with Crippen LogP contribution >= 0.6 is 12.4 Å². The Bertz CT molecular complexity index is 609. The summed E-state index contributed by atoms with van der Waals surface area (Å²) in [4.78, 5) is 12.5. The minimum Gasteiger partial charge on any atom is -0.493 e. The van der Waals surface area contributed by atoms with E-state index >= 15 is 0 Å². The number of hydrogen-bond acceptors (Lipinski definition) is 4. The van der Waals surface area contributed by atoms with Gasteiger partial charge in [-0.05, 0) is 68.6 Å². The second-order valence-electron chi connectivity index (χ2n) is 7.25. The Kier molecular flexibility index (Phi) is 7.59. The summed E-state index contributed by atoms with van der Waals surface area (Å²) in [7, 11) is 1.65. The molecule has 0 spiro atoms. The number of ether oxygens (including phenoxy) is 2. The first-order valence-electron chi connectivity index (χ1n) is 9.47. The lowest BCUT2D eigenvalue weighted by atomic mass is 9.84. The predicted molar refractivity (Wildman–Crippen MR) is 105 cm³/mol. The van der Waals surface area contributed by atoms with Crippen molar-refractivity contribution in [3.05, 3.63) is 23.8 Å². The predicted octanol–water partition coefficient (Wildman–Crippen LogP) is 2.94. The van der Waals surface area contributed by atoms with Gasteiger partial charge in [-0.3, -0.25) is 4.79 Å². The molecule has 4 unspecified atom stereocenters. The van der Waals surface area contributed by atoms with E-state index in [2.05, 4.69) is 11.4 Å². The summed E-state index contributed by atoms with van der Waals surface area (Å²) in [5.41, 5.74) is 7.44. The standard InChI is InChI=1S/C20H30N2O3.ClH/c1-3-25-17-11-13(6-9-16(17)24-2)5-4-10-22-20(23)18-14-7-8-15(12-14)19(18)21;/h6,9,11,14-15,18-19H,3-5,7-8,10,12,21H2,1-2H3,(H,22,23);1H. The molecular formula is C20H31ClN2O3. The van der Waals surface area contributed by atoms with Crippen molar-refractivity contribution in [2.45, 2.75) is 45.1 Å². The lowest BCUT2D eigenvalue weighted by molar-refractivity contribution is -0.127. The first kappa shape index (κ1) is 20.8. The third-order valence-corrected chi connectivity index (χ3v) is 5.75. The maximum atomic E-state index is 12.5. The molecule has 2 saturated carbocycles. The molecule has 2 aliphatic rings. The first-order chi connectivity index (χ1) is 12.1. The van der Waals surface area contributed by atoms with Gasteiger partial charge in [-0.25, -0.2) is 0 Å². The van der Waals surface area contributed by atoms with Gasteiger partial charge in [0.25, 0.3) is 0 Å². The summed E-state index contributed by atoms with van der Waals surface area (Å²) in [6.07, 6.45) is 5.32. The van der Waals surface area contributed by atoms with Crippen LogP contribution in [0.3, 0.4) is 0 Å². The van der Waals surface area contributed by atoms with Gasteiger partial charge in [-0.1, -0.05) is 6.07 Å². The highest BCUT2D eigenvalue weighted by Gasteiger charge is 2.48. The van der Waals surface area contributed by atoms with Crippen molar-refractivity contribution in [1.29, 1.82) is 0 Å². The van der Waals surface area contributed by atoms with Crippen molar-refractivity contribution in [2.24, 2.45) is 23.5 Å². The van der Waals surface area contributed by atoms with E-state index in [9.17, 15) is 4.79 Å². The Hall–Kier alpha value is -1.46. The van der Waals surface area contributed by atoms with E-state index in [0.29, 0.717) is 25.0 Å². The average Bonchev–Trinajstić information content (AvgIpc) is 3.20. The zero-order valence-corrected chi connectivity index (χ0v) is 16.5. The van der Waals surface area contributed by atoms with Gasteiger partial charge >= 0.3 is 0 Å². The highest BCUT2D eigenvalue weighted by atomic mass is 35.5. The number of benzene rings is 1. The molecule has 146 valence electrons. The van der Waals surface area contributed by atoms with Crippen LogP contribution in [-0.2, 0) is 11.2 Å². The van der Waals surface area contributed by atoms with E-state index < -0.39 is 0 Å². The number of halogens is 1. The van der Waals surface area contributed by atoms with Crippen molar-refractivity contribution in [3.8, 4) is 11.5 Å². The number of methoxy groups -OCH3 is 1. The van der Waals surface area contributed by atoms with E-state index in [1.54, 1.807) is 7.11 Å². The molecule has 26 heavy (non-hydrogen) atoms. The van der Waals surface area contributed by atoms with Gasteiger partial charge in [-0.2, -0.15) is 0 Å². The molecule has 4 atom stereocenters. The van der Waals surface area contributed by atoms with Crippen LogP contribution in [0.1, 0.15) is 38.2 Å². The SMILES string of the molecule is CCOc1cc(CCCNC(=O)C2C3CCC(C3)C2N)ccc1OC.Cl. The minimum atomic E-state index is 0. The second kappa shape index (κ2) is 9.47. The van der Waals surface area contributed by atoms with Crippen LogP contribution in [-0.4, -0.2) is 32.2 Å². The summed E-state index contributed by atoms with van der Waals surface area (Å²) in [5, 5.41) is 3.10.